The van der Waals surface area contributed by atoms with Crippen LogP contribution >= 0.6 is 15.9 Å². The molecule has 5 atom stereocenters. The summed E-state index contributed by atoms with van der Waals surface area (Å²) >= 11 is 3.51. The number of benzene rings is 1. The van der Waals surface area contributed by atoms with Crippen molar-refractivity contribution in [3.8, 4) is 11.5 Å². The molecule has 4 unspecified atom stereocenters. The van der Waals surface area contributed by atoms with Crippen molar-refractivity contribution in [1.82, 2.24) is 0 Å². The summed E-state index contributed by atoms with van der Waals surface area (Å²) < 4.78 is 42.3. The molecule has 27 heavy (non-hydrogen) atoms. The molecule has 1 aromatic rings. The highest BCUT2D eigenvalue weighted by Crippen LogP contribution is 2.43. The summed E-state index contributed by atoms with van der Waals surface area (Å²) in [5.41, 5.74) is 0. The number of rotatable bonds is 4. The molecular formula is C19H25BrO7. The second-order valence-corrected chi connectivity index (χ2v) is 8.67. The van der Waals surface area contributed by atoms with Crippen molar-refractivity contribution in [3.63, 3.8) is 0 Å². The van der Waals surface area contributed by atoms with E-state index in [4.69, 9.17) is 33.2 Å². The number of ether oxygens (including phenoxy) is 7. The minimum Gasteiger partial charge on any atom is -0.497 e. The maximum absolute atomic E-state index is 6.19. The lowest BCUT2D eigenvalue weighted by Crippen LogP contribution is -2.40. The fraction of sp³-hybridized carbons (Fsp3) is 0.684. The minimum atomic E-state index is -0.723. The zero-order valence-electron chi connectivity index (χ0n) is 16.1. The van der Waals surface area contributed by atoms with Crippen LogP contribution in [0.3, 0.4) is 0 Å². The SMILES string of the molecule is COc1ccc(Br)c(OC2O[C@H](C3COC(C)(C)O3)C3OC(C)(C)OC23)c1. The molecule has 8 heteroatoms. The van der Waals surface area contributed by atoms with Gasteiger partial charge in [0.2, 0.25) is 6.29 Å². The van der Waals surface area contributed by atoms with Crippen LogP contribution < -0.4 is 9.47 Å². The van der Waals surface area contributed by atoms with Crippen LogP contribution in [0.1, 0.15) is 27.7 Å². The predicted octanol–water partition coefficient (Wildman–Crippen LogP) is 3.23. The summed E-state index contributed by atoms with van der Waals surface area (Å²) in [5, 5.41) is 0. The molecule has 3 fully saturated rings. The van der Waals surface area contributed by atoms with Gasteiger partial charge in [-0.15, -0.1) is 0 Å². The van der Waals surface area contributed by atoms with Crippen LogP contribution in [0.15, 0.2) is 22.7 Å². The van der Waals surface area contributed by atoms with Crippen molar-refractivity contribution in [2.45, 2.75) is 70.0 Å². The van der Waals surface area contributed by atoms with E-state index in [0.29, 0.717) is 18.1 Å². The molecule has 4 rings (SSSR count). The van der Waals surface area contributed by atoms with Crippen LogP contribution in [-0.4, -0.2) is 56.0 Å². The van der Waals surface area contributed by atoms with E-state index in [2.05, 4.69) is 15.9 Å². The smallest absolute Gasteiger partial charge is 0.229 e. The van der Waals surface area contributed by atoms with Crippen molar-refractivity contribution in [1.29, 1.82) is 0 Å². The molecule has 3 saturated heterocycles. The number of halogens is 1. The number of methoxy groups -OCH3 is 1. The van der Waals surface area contributed by atoms with Gasteiger partial charge in [0.15, 0.2) is 17.7 Å². The lowest BCUT2D eigenvalue weighted by molar-refractivity contribution is -0.230. The molecule has 0 saturated carbocycles. The van der Waals surface area contributed by atoms with Gasteiger partial charge >= 0.3 is 0 Å². The first kappa shape index (κ1) is 19.4. The second kappa shape index (κ2) is 6.86. The Balaban J connectivity index is 1.56. The first-order valence-corrected chi connectivity index (χ1v) is 9.80. The summed E-state index contributed by atoms with van der Waals surface area (Å²) in [7, 11) is 1.61. The third-order valence-electron chi connectivity index (χ3n) is 4.83. The van der Waals surface area contributed by atoms with Crippen molar-refractivity contribution < 1.29 is 33.2 Å². The van der Waals surface area contributed by atoms with Gasteiger partial charge in [0.1, 0.15) is 29.8 Å². The first-order valence-electron chi connectivity index (χ1n) is 9.00. The molecule has 0 N–H and O–H groups in total. The average Bonchev–Trinajstić information content (AvgIpc) is 3.20. The van der Waals surface area contributed by atoms with Gasteiger partial charge in [0.25, 0.3) is 0 Å². The van der Waals surface area contributed by atoms with Crippen molar-refractivity contribution >= 4 is 15.9 Å². The Kier molecular flexibility index (Phi) is 4.93. The molecular weight excluding hydrogens is 420 g/mol. The topological polar surface area (TPSA) is 64.6 Å². The highest BCUT2D eigenvalue weighted by atomic mass is 79.9. The van der Waals surface area contributed by atoms with Gasteiger partial charge in [0.05, 0.1) is 18.2 Å². The molecule has 0 aromatic heterocycles. The third kappa shape index (κ3) is 3.83. The van der Waals surface area contributed by atoms with E-state index >= 15 is 0 Å². The molecule has 3 aliphatic rings. The van der Waals surface area contributed by atoms with Crippen molar-refractivity contribution in [2.24, 2.45) is 0 Å². The number of hydrogen-bond donors (Lipinski definition) is 0. The largest absolute Gasteiger partial charge is 0.497 e. The van der Waals surface area contributed by atoms with E-state index in [1.165, 1.54) is 0 Å². The van der Waals surface area contributed by atoms with Crippen LogP contribution in [0, 0.1) is 0 Å². The zero-order valence-corrected chi connectivity index (χ0v) is 17.6. The van der Waals surface area contributed by atoms with Crippen molar-refractivity contribution in [3.05, 3.63) is 22.7 Å². The Morgan fingerprint density at radius 3 is 2.41 bits per heavy atom. The van der Waals surface area contributed by atoms with Crippen LogP contribution in [-0.2, 0) is 23.7 Å². The normalized spacial score (nSPS) is 36.6. The molecule has 3 aliphatic heterocycles. The number of fused-ring (bicyclic) bond motifs is 1. The standard InChI is InChI=1S/C19H25BrO7/c1-18(2)22-9-13(25-18)14-15-16(27-19(3,4)26-15)17(24-14)23-12-8-10(21-5)6-7-11(12)20/h6-8,13-17H,9H2,1-5H3/t13?,14-,15?,16?,17?/m1/s1. The summed E-state index contributed by atoms with van der Waals surface area (Å²) in [4.78, 5) is 0. The summed E-state index contributed by atoms with van der Waals surface area (Å²) in [6.07, 6.45) is -1.94. The van der Waals surface area contributed by atoms with Gasteiger partial charge in [-0.3, -0.25) is 0 Å². The van der Waals surface area contributed by atoms with Gasteiger partial charge in [-0.2, -0.15) is 0 Å². The zero-order chi connectivity index (χ0) is 19.4. The van der Waals surface area contributed by atoms with Gasteiger partial charge in [-0.05, 0) is 55.8 Å². The molecule has 150 valence electrons. The van der Waals surface area contributed by atoms with Crippen molar-refractivity contribution in [2.75, 3.05) is 13.7 Å². The van der Waals surface area contributed by atoms with E-state index in [1.807, 2.05) is 39.8 Å². The summed E-state index contributed by atoms with van der Waals surface area (Å²) in [6.45, 7) is 7.97. The maximum atomic E-state index is 6.19. The van der Waals surface area contributed by atoms with Gasteiger partial charge < -0.3 is 33.2 Å². The Labute approximate surface area is 167 Å². The van der Waals surface area contributed by atoms with E-state index in [1.54, 1.807) is 13.2 Å². The van der Waals surface area contributed by atoms with Crippen LogP contribution in [0.2, 0.25) is 0 Å². The van der Waals surface area contributed by atoms with E-state index in [-0.39, 0.29) is 24.4 Å². The molecule has 7 nitrogen and oxygen atoms in total. The van der Waals surface area contributed by atoms with Crippen LogP contribution in [0.4, 0.5) is 0 Å². The Hall–Kier alpha value is -0.900. The molecule has 0 bridgehead atoms. The molecule has 0 radical (unpaired) electrons. The summed E-state index contributed by atoms with van der Waals surface area (Å²) in [6, 6.07) is 5.52. The maximum Gasteiger partial charge on any atom is 0.229 e. The molecule has 0 amide bonds. The van der Waals surface area contributed by atoms with Gasteiger partial charge in [-0.1, -0.05) is 0 Å². The van der Waals surface area contributed by atoms with Gasteiger partial charge in [0, 0.05) is 6.07 Å². The minimum absolute atomic E-state index is 0.257. The molecule has 0 spiro atoms. The van der Waals surface area contributed by atoms with Crippen LogP contribution in [0.5, 0.6) is 11.5 Å². The number of hydrogen-bond acceptors (Lipinski definition) is 7. The highest BCUT2D eigenvalue weighted by Gasteiger charge is 2.60. The van der Waals surface area contributed by atoms with Gasteiger partial charge in [-0.25, -0.2) is 0 Å². The highest BCUT2D eigenvalue weighted by molar-refractivity contribution is 9.10. The van der Waals surface area contributed by atoms with E-state index in [9.17, 15) is 0 Å². The molecule has 1 aromatic carbocycles. The van der Waals surface area contributed by atoms with Crippen LogP contribution in [0.25, 0.3) is 0 Å². The monoisotopic (exact) mass is 444 g/mol. The van der Waals surface area contributed by atoms with E-state index in [0.717, 1.165) is 4.47 Å². The lowest BCUT2D eigenvalue weighted by Gasteiger charge is -2.27. The molecule has 3 heterocycles. The quantitative estimate of drug-likeness (QED) is 0.705. The second-order valence-electron chi connectivity index (χ2n) is 7.82. The third-order valence-corrected chi connectivity index (χ3v) is 5.48. The Morgan fingerprint density at radius 2 is 1.74 bits per heavy atom. The van der Waals surface area contributed by atoms with E-state index < -0.39 is 17.9 Å². The fourth-order valence-electron chi connectivity index (χ4n) is 3.69. The predicted molar refractivity (Wildman–Crippen MR) is 98.7 cm³/mol. The first-order chi connectivity index (χ1) is 12.7. The lowest BCUT2D eigenvalue weighted by atomic mass is 10.1. The molecule has 0 aliphatic carbocycles. The average molecular weight is 445 g/mol. The summed E-state index contributed by atoms with van der Waals surface area (Å²) in [5.74, 6) is -0.0687. The Morgan fingerprint density at radius 1 is 1.00 bits per heavy atom. The Bertz CT molecular complexity index is 707. The fourth-order valence-corrected chi connectivity index (χ4v) is 4.03.